The van der Waals surface area contributed by atoms with Gasteiger partial charge in [-0.1, -0.05) is 32.9 Å². The largest absolute Gasteiger partial charge is 0.573 e. The Morgan fingerprint density at radius 1 is 1.02 bits per heavy atom. The van der Waals surface area contributed by atoms with Gasteiger partial charge < -0.3 is 30.3 Å². The summed E-state index contributed by atoms with van der Waals surface area (Å²) < 4.78 is 41.3. The summed E-state index contributed by atoms with van der Waals surface area (Å²) in [7, 11) is 0. The van der Waals surface area contributed by atoms with Crippen molar-refractivity contribution in [1.82, 2.24) is 4.90 Å². The molecule has 0 aliphatic carbocycles. The summed E-state index contributed by atoms with van der Waals surface area (Å²) in [5, 5.41) is 26.6. The molecule has 0 radical (unpaired) electrons. The third kappa shape index (κ3) is 6.65. The van der Waals surface area contributed by atoms with Gasteiger partial charge in [0.2, 0.25) is 0 Å². The zero-order chi connectivity index (χ0) is 31.0. The fraction of sp³-hybridized carbons (Fsp3) is 0.375. The Labute approximate surface area is 248 Å². The molecule has 0 unspecified atom stereocenters. The SMILES string of the molecule is CC(C)(C)CN1CCC2(CC1)CN(c1ccccc1NC(=O)Nc1ccc(OC(F)(F)F)cc1)c1c(O)ccc(C#N)c12. The molecule has 5 rings (SSSR count). The number of alkyl halides is 3. The first-order chi connectivity index (χ1) is 20.3. The number of para-hydroxylation sites is 2. The Morgan fingerprint density at radius 2 is 1.70 bits per heavy atom. The predicted molar refractivity (Wildman–Crippen MR) is 159 cm³/mol. The van der Waals surface area contributed by atoms with Crippen LogP contribution in [0.15, 0.2) is 60.7 Å². The lowest BCUT2D eigenvalue weighted by Crippen LogP contribution is -2.47. The Balaban J connectivity index is 1.40. The molecule has 1 fully saturated rings. The van der Waals surface area contributed by atoms with E-state index in [2.05, 4.69) is 47.1 Å². The van der Waals surface area contributed by atoms with Gasteiger partial charge in [0.05, 0.1) is 28.7 Å². The van der Waals surface area contributed by atoms with Crippen LogP contribution >= 0.6 is 0 Å². The van der Waals surface area contributed by atoms with E-state index in [4.69, 9.17) is 0 Å². The van der Waals surface area contributed by atoms with Gasteiger partial charge in [-0.2, -0.15) is 5.26 Å². The number of urea groups is 1. The van der Waals surface area contributed by atoms with Crippen LogP contribution in [-0.4, -0.2) is 48.6 Å². The minimum absolute atomic E-state index is 0.0587. The number of halogens is 3. The number of aromatic hydroxyl groups is 1. The fourth-order valence-electron chi connectivity index (χ4n) is 6.21. The van der Waals surface area contributed by atoms with Crippen LogP contribution < -0.4 is 20.3 Å². The molecule has 0 atom stereocenters. The van der Waals surface area contributed by atoms with Crippen molar-refractivity contribution in [3.8, 4) is 17.6 Å². The number of carbonyl (C=O) groups is 1. The van der Waals surface area contributed by atoms with Crippen LogP contribution in [-0.2, 0) is 5.41 Å². The van der Waals surface area contributed by atoms with Crippen molar-refractivity contribution in [3.63, 3.8) is 0 Å². The summed E-state index contributed by atoms with van der Waals surface area (Å²) in [4.78, 5) is 17.4. The lowest BCUT2D eigenvalue weighted by Gasteiger charge is -2.42. The van der Waals surface area contributed by atoms with Crippen molar-refractivity contribution in [3.05, 3.63) is 71.8 Å². The molecule has 0 saturated carbocycles. The number of piperidine rings is 1. The second-order valence-corrected chi connectivity index (χ2v) is 12.3. The highest BCUT2D eigenvalue weighted by Crippen LogP contribution is 2.55. The number of carbonyl (C=O) groups excluding carboxylic acids is 1. The molecule has 1 saturated heterocycles. The number of phenols is 1. The Hall–Kier alpha value is -4.43. The van der Waals surface area contributed by atoms with Crippen LogP contribution in [0.5, 0.6) is 11.5 Å². The predicted octanol–water partition coefficient (Wildman–Crippen LogP) is 7.34. The van der Waals surface area contributed by atoms with Gasteiger partial charge in [-0.25, -0.2) is 4.79 Å². The molecular formula is C32H34F3N5O3. The van der Waals surface area contributed by atoms with E-state index in [0.29, 0.717) is 29.2 Å². The molecule has 3 aromatic rings. The summed E-state index contributed by atoms with van der Waals surface area (Å²) in [6.45, 7) is 9.86. The van der Waals surface area contributed by atoms with Gasteiger partial charge in [0.15, 0.2) is 0 Å². The normalized spacial score (nSPS) is 16.4. The number of anilines is 4. The molecule has 226 valence electrons. The van der Waals surface area contributed by atoms with E-state index in [9.17, 15) is 28.3 Å². The summed E-state index contributed by atoms with van der Waals surface area (Å²) in [6.07, 6.45) is -3.18. The van der Waals surface area contributed by atoms with E-state index in [1.54, 1.807) is 18.2 Å². The molecule has 2 heterocycles. The average Bonchev–Trinajstić information content (AvgIpc) is 3.26. The Morgan fingerprint density at radius 3 is 2.33 bits per heavy atom. The maximum Gasteiger partial charge on any atom is 0.573 e. The molecule has 3 aromatic carbocycles. The second kappa shape index (κ2) is 11.3. The van der Waals surface area contributed by atoms with Gasteiger partial charge in [0.1, 0.15) is 11.5 Å². The topological polar surface area (TPSA) is 101 Å². The third-order valence-corrected chi connectivity index (χ3v) is 7.84. The van der Waals surface area contributed by atoms with Gasteiger partial charge in [-0.15, -0.1) is 13.2 Å². The zero-order valence-corrected chi connectivity index (χ0v) is 24.3. The number of rotatable bonds is 5. The minimum Gasteiger partial charge on any atom is -0.506 e. The highest BCUT2D eigenvalue weighted by molar-refractivity contribution is 6.02. The van der Waals surface area contributed by atoms with Crippen LogP contribution in [0.1, 0.15) is 44.7 Å². The zero-order valence-electron chi connectivity index (χ0n) is 24.3. The lowest BCUT2D eigenvalue weighted by atomic mass is 9.72. The minimum atomic E-state index is -4.81. The molecule has 11 heteroatoms. The summed E-state index contributed by atoms with van der Waals surface area (Å²) in [6, 6.07) is 17.0. The van der Waals surface area contributed by atoms with E-state index >= 15 is 0 Å². The average molecular weight is 594 g/mol. The maximum atomic E-state index is 13.0. The van der Waals surface area contributed by atoms with E-state index in [0.717, 1.165) is 50.2 Å². The van der Waals surface area contributed by atoms with Gasteiger partial charge >= 0.3 is 12.4 Å². The molecule has 3 N–H and O–H groups in total. The Bertz CT molecular complexity index is 1540. The molecule has 1 spiro atoms. The number of ether oxygens (including phenoxy) is 1. The summed E-state index contributed by atoms with van der Waals surface area (Å²) >= 11 is 0. The van der Waals surface area contributed by atoms with Crippen molar-refractivity contribution in [1.29, 1.82) is 5.26 Å². The van der Waals surface area contributed by atoms with E-state index in [1.165, 1.54) is 18.2 Å². The van der Waals surface area contributed by atoms with Crippen LogP contribution in [0.4, 0.5) is 40.7 Å². The molecule has 2 aliphatic heterocycles. The number of nitrogens with one attached hydrogen (secondary N) is 2. The summed E-state index contributed by atoms with van der Waals surface area (Å²) in [5.41, 5.74) is 3.12. The van der Waals surface area contributed by atoms with Crippen LogP contribution in [0.25, 0.3) is 0 Å². The monoisotopic (exact) mass is 593 g/mol. The van der Waals surface area contributed by atoms with Crippen molar-refractivity contribution < 1.29 is 27.8 Å². The van der Waals surface area contributed by atoms with Crippen LogP contribution in [0.3, 0.4) is 0 Å². The number of nitriles is 1. The van der Waals surface area contributed by atoms with Crippen molar-refractivity contribution in [2.75, 3.05) is 41.7 Å². The summed E-state index contributed by atoms with van der Waals surface area (Å²) in [5.74, 6) is -0.338. The molecule has 43 heavy (non-hydrogen) atoms. The molecule has 0 aromatic heterocycles. The number of hydrogen-bond donors (Lipinski definition) is 3. The maximum absolute atomic E-state index is 13.0. The standard InChI is InChI=1S/C32H34F3N5O3/c1-30(2,3)19-39-16-14-31(15-17-39)20-40(28-26(41)13-8-21(18-36)27(28)31)25-7-5-4-6-24(25)38-29(42)37-22-9-11-23(12-10-22)43-32(33,34)35/h4-13,41H,14-17,19-20H2,1-3H3,(H2,37,38,42). The number of likely N-dealkylation sites (tertiary alicyclic amines) is 1. The number of phenolic OH excluding ortho intramolecular Hbond substituents is 1. The van der Waals surface area contributed by atoms with Gasteiger partial charge in [-0.05, 0) is 79.9 Å². The molecule has 2 aliphatic rings. The lowest BCUT2D eigenvalue weighted by molar-refractivity contribution is -0.274. The van der Waals surface area contributed by atoms with E-state index in [-0.39, 0.29) is 22.3 Å². The molecule has 0 bridgehead atoms. The molecular weight excluding hydrogens is 559 g/mol. The van der Waals surface area contributed by atoms with E-state index in [1.807, 2.05) is 17.0 Å². The first-order valence-corrected chi connectivity index (χ1v) is 14.1. The first-order valence-electron chi connectivity index (χ1n) is 14.1. The quantitative estimate of drug-likeness (QED) is 0.286. The highest BCUT2D eigenvalue weighted by atomic mass is 19.4. The third-order valence-electron chi connectivity index (χ3n) is 7.84. The molecule has 8 nitrogen and oxygen atoms in total. The van der Waals surface area contributed by atoms with Gasteiger partial charge in [0, 0.05) is 29.8 Å². The van der Waals surface area contributed by atoms with Crippen LogP contribution in [0, 0.1) is 16.7 Å². The fourth-order valence-corrected chi connectivity index (χ4v) is 6.21. The van der Waals surface area contributed by atoms with Gasteiger partial charge in [-0.3, -0.25) is 0 Å². The second-order valence-electron chi connectivity index (χ2n) is 12.3. The number of fused-ring (bicyclic) bond motifs is 2. The molecule has 2 amide bonds. The Kier molecular flexibility index (Phi) is 7.92. The van der Waals surface area contributed by atoms with Crippen molar-refractivity contribution in [2.24, 2.45) is 5.41 Å². The van der Waals surface area contributed by atoms with Crippen molar-refractivity contribution in [2.45, 2.75) is 45.4 Å². The number of nitrogens with zero attached hydrogens (tertiary/aromatic N) is 3. The van der Waals surface area contributed by atoms with Crippen molar-refractivity contribution >= 4 is 28.8 Å². The number of amides is 2. The van der Waals surface area contributed by atoms with E-state index < -0.39 is 18.1 Å². The number of hydrogen-bond acceptors (Lipinski definition) is 6. The highest BCUT2D eigenvalue weighted by Gasteiger charge is 2.48. The first kappa shape index (κ1) is 30.0. The smallest absolute Gasteiger partial charge is 0.506 e. The van der Waals surface area contributed by atoms with Gasteiger partial charge in [0.25, 0.3) is 0 Å². The van der Waals surface area contributed by atoms with Crippen LogP contribution in [0.2, 0.25) is 0 Å². The number of benzene rings is 3.